The van der Waals surface area contributed by atoms with Crippen molar-refractivity contribution >= 4 is 52.0 Å². The highest BCUT2D eigenvalue weighted by Crippen LogP contribution is 2.28. The van der Waals surface area contributed by atoms with Gasteiger partial charge in [-0.3, -0.25) is 9.59 Å². The fourth-order valence-electron chi connectivity index (χ4n) is 4.23. The third-order valence-corrected chi connectivity index (χ3v) is 6.77. The molecule has 0 saturated heterocycles. The van der Waals surface area contributed by atoms with Crippen LogP contribution in [-0.2, 0) is 16.0 Å². The van der Waals surface area contributed by atoms with Crippen molar-refractivity contribution in [1.29, 1.82) is 0 Å². The highest BCUT2D eigenvalue weighted by molar-refractivity contribution is 6.35. The van der Waals surface area contributed by atoms with Gasteiger partial charge >= 0.3 is 0 Å². The van der Waals surface area contributed by atoms with Crippen molar-refractivity contribution in [2.45, 2.75) is 25.3 Å². The lowest BCUT2D eigenvalue weighted by molar-refractivity contribution is -0.129. The number of hydrogen-bond donors (Lipinski definition) is 2. The number of amides is 2. The summed E-state index contributed by atoms with van der Waals surface area (Å²) >= 11 is 12.0. The summed E-state index contributed by atoms with van der Waals surface area (Å²) in [4.78, 5) is 26.0. The zero-order valence-corrected chi connectivity index (χ0v) is 24.2. The zero-order valence-electron chi connectivity index (χ0n) is 22.7. The molecule has 4 aromatic rings. The molecule has 0 bridgehead atoms. The summed E-state index contributed by atoms with van der Waals surface area (Å²) in [5.74, 6) is 2.74. The normalized spacial score (nSPS) is 11.5. The van der Waals surface area contributed by atoms with Crippen LogP contribution in [0.1, 0.15) is 24.0 Å². The maximum atomic E-state index is 13.2. The van der Waals surface area contributed by atoms with Crippen molar-refractivity contribution in [3.63, 3.8) is 0 Å². The largest absolute Gasteiger partial charge is 0.492 e. The number of nitrogens with one attached hydrogen (secondary N) is 2. The van der Waals surface area contributed by atoms with Gasteiger partial charge in [-0.25, -0.2) is 5.43 Å². The van der Waals surface area contributed by atoms with Crippen LogP contribution in [0.25, 0.3) is 10.8 Å². The molecule has 0 radical (unpaired) electrons. The van der Waals surface area contributed by atoms with Crippen molar-refractivity contribution in [2.75, 3.05) is 13.2 Å². The highest BCUT2D eigenvalue weighted by Gasteiger charge is 2.21. The fraction of sp³-hybridized carbons (Fsp3) is 0.182. The van der Waals surface area contributed by atoms with Crippen LogP contribution < -0.4 is 20.2 Å². The smallest absolute Gasteiger partial charge is 0.262 e. The topological polar surface area (TPSA) is 89.0 Å². The number of hydrazone groups is 1. The van der Waals surface area contributed by atoms with Crippen LogP contribution in [0, 0.1) is 12.3 Å². The first-order valence-corrected chi connectivity index (χ1v) is 14.0. The summed E-state index contributed by atoms with van der Waals surface area (Å²) in [6, 6.07) is 25.0. The molecule has 0 fully saturated rings. The van der Waals surface area contributed by atoms with Gasteiger partial charge in [0.2, 0.25) is 5.91 Å². The number of benzene rings is 4. The van der Waals surface area contributed by atoms with E-state index >= 15 is 0 Å². The molecule has 2 amide bonds. The molecule has 214 valence electrons. The molecule has 42 heavy (non-hydrogen) atoms. The molecule has 4 aromatic carbocycles. The van der Waals surface area contributed by atoms with Crippen molar-refractivity contribution in [3.05, 3.63) is 106 Å². The number of ether oxygens (including phenoxy) is 2. The van der Waals surface area contributed by atoms with E-state index in [0.717, 1.165) is 16.3 Å². The lowest BCUT2D eigenvalue weighted by Crippen LogP contribution is -2.46. The first kappa shape index (κ1) is 30.4. The van der Waals surface area contributed by atoms with E-state index in [0.29, 0.717) is 33.5 Å². The molecule has 0 spiro atoms. The van der Waals surface area contributed by atoms with Crippen LogP contribution in [0.5, 0.6) is 11.5 Å². The molecule has 0 aliphatic carbocycles. The maximum Gasteiger partial charge on any atom is 0.262 e. The minimum Gasteiger partial charge on any atom is -0.492 e. The lowest BCUT2D eigenvalue weighted by Gasteiger charge is -2.17. The average molecular weight is 603 g/mol. The number of rotatable bonds is 13. The van der Waals surface area contributed by atoms with Crippen LogP contribution in [0.15, 0.2) is 90.0 Å². The molecule has 0 unspecified atom stereocenters. The summed E-state index contributed by atoms with van der Waals surface area (Å²) in [5.41, 5.74) is 4.14. The Morgan fingerprint density at radius 2 is 1.71 bits per heavy atom. The average Bonchev–Trinajstić information content (AvgIpc) is 2.99. The van der Waals surface area contributed by atoms with Gasteiger partial charge in [0, 0.05) is 23.4 Å². The zero-order chi connectivity index (χ0) is 29.7. The van der Waals surface area contributed by atoms with Gasteiger partial charge in [0.15, 0.2) is 0 Å². The summed E-state index contributed by atoms with van der Waals surface area (Å²) in [6.07, 6.45) is 7.75. The molecule has 9 heteroatoms. The Labute approximate surface area is 254 Å². The third-order valence-electron chi connectivity index (χ3n) is 6.24. The molecule has 1 atom stereocenters. The summed E-state index contributed by atoms with van der Waals surface area (Å²) < 4.78 is 11.4. The molecule has 4 rings (SSSR count). The van der Waals surface area contributed by atoms with Crippen LogP contribution in [-0.4, -0.2) is 37.3 Å². The van der Waals surface area contributed by atoms with Crippen molar-refractivity contribution in [3.8, 4) is 23.8 Å². The fourth-order valence-corrected chi connectivity index (χ4v) is 4.69. The van der Waals surface area contributed by atoms with Gasteiger partial charge < -0.3 is 14.8 Å². The molecule has 0 aromatic heterocycles. The first-order valence-electron chi connectivity index (χ1n) is 13.3. The number of terminal acetylenes is 1. The van der Waals surface area contributed by atoms with E-state index in [9.17, 15) is 9.59 Å². The Morgan fingerprint density at radius 3 is 2.50 bits per heavy atom. The predicted octanol–water partition coefficient (Wildman–Crippen LogP) is 6.20. The number of nitrogens with zero attached hydrogens (tertiary/aromatic N) is 1. The van der Waals surface area contributed by atoms with E-state index < -0.39 is 11.9 Å². The van der Waals surface area contributed by atoms with Gasteiger partial charge in [-0.15, -0.1) is 6.42 Å². The van der Waals surface area contributed by atoms with Gasteiger partial charge in [0.05, 0.1) is 17.8 Å². The number of halogens is 2. The second-order valence-corrected chi connectivity index (χ2v) is 10.1. The monoisotopic (exact) mass is 601 g/mol. The van der Waals surface area contributed by atoms with Crippen molar-refractivity contribution in [1.82, 2.24) is 10.7 Å². The quantitative estimate of drug-likeness (QED) is 0.0827. The van der Waals surface area contributed by atoms with Gasteiger partial charge in [0.1, 0.15) is 24.1 Å². The molecule has 0 aliphatic heterocycles. The van der Waals surface area contributed by atoms with E-state index in [1.165, 1.54) is 6.21 Å². The number of fused-ring (bicyclic) bond motifs is 1. The number of carbonyl (C=O) groups is 2. The third kappa shape index (κ3) is 8.74. The Balaban J connectivity index is 1.41. The molecule has 0 aliphatic rings. The second-order valence-electron chi connectivity index (χ2n) is 9.26. The van der Waals surface area contributed by atoms with E-state index in [1.54, 1.807) is 18.2 Å². The second kappa shape index (κ2) is 15.5. The minimum atomic E-state index is -0.853. The van der Waals surface area contributed by atoms with E-state index in [-0.39, 0.29) is 32.0 Å². The minimum absolute atomic E-state index is 0.0918. The SMILES string of the molecule is C#CCOc1ccc2ccccc2c1/C=N\NC(=O)[C@@H](Cc1ccccc1)NC(=O)CCCOc1ccc(Cl)cc1Cl. The van der Waals surface area contributed by atoms with E-state index in [2.05, 4.69) is 21.8 Å². The number of carbonyl (C=O) groups excluding carboxylic acids is 2. The summed E-state index contributed by atoms with van der Waals surface area (Å²) in [7, 11) is 0. The summed E-state index contributed by atoms with van der Waals surface area (Å²) in [6.45, 7) is 0.359. The molecular weight excluding hydrogens is 573 g/mol. The van der Waals surface area contributed by atoms with Crippen LogP contribution in [0.3, 0.4) is 0 Å². The predicted molar refractivity (Wildman–Crippen MR) is 167 cm³/mol. The lowest BCUT2D eigenvalue weighted by atomic mass is 10.0. The Morgan fingerprint density at radius 1 is 0.952 bits per heavy atom. The van der Waals surface area contributed by atoms with Crippen LogP contribution in [0.2, 0.25) is 10.0 Å². The molecule has 7 nitrogen and oxygen atoms in total. The maximum absolute atomic E-state index is 13.2. The standard InChI is InChI=1S/C33H29Cl2N3O4/c1-2-18-41-30-16-14-24-11-6-7-12-26(24)27(30)22-36-38-33(40)29(20-23-9-4-3-5-10-23)37-32(39)13-8-19-42-31-17-15-25(34)21-28(31)35/h1,3-7,9-12,14-17,21-22,29H,8,13,18-20H2,(H,37,39)(H,38,40)/b36-22-/t29-/m1/s1. The van der Waals surface area contributed by atoms with Gasteiger partial charge in [0.25, 0.3) is 5.91 Å². The molecule has 2 N–H and O–H groups in total. The van der Waals surface area contributed by atoms with Crippen molar-refractivity contribution < 1.29 is 19.1 Å². The van der Waals surface area contributed by atoms with Crippen LogP contribution >= 0.6 is 23.2 Å². The van der Waals surface area contributed by atoms with Gasteiger partial charge in [-0.2, -0.15) is 5.10 Å². The Hall–Kier alpha value is -4.51. The van der Waals surface area contributed by atoms with E-state index in [4.69, 9.17) is 39.1 Å². The molecular formula is C33H29Cl2N3O4. The molecule has 0 saturated carbocycles. The van der Waals surface area contributed by atoms with Crippen LogP contribution in [0.4, 0.5) is 0 Å². The summed E-state index contributed by atoms with van der Waals surface area (Å²) in [5, 5.41) is 9.81. The Bertz CT molecular complexity index is 1600. The van der Waals surface area contributed by atoms with Gasteiger partial charge in [-0.05, 0) is 47.0 Å². The van der Waals surface area contributed by atoms with Crippen molar-refractivity contribution in [2.24, 2.45) is 5.10 Å². The highest BCUT2D eigenvalue weighted by atomic mass is 35.5. The molecule has 0 heterocycles. The van der Waals surface area contributed by atoms with E-state index in [1.807, 2.05) is 66.7 Å². The Kier molecular flexibility index (Phi) is 11.2. The first-order chi connectivity index (χ1) is 20.4. The number of hydrogen-bond acceptors (Lipinski definition) is 5. The van der Waals surface area contributed by atoms with Gasteiger partial charge in [-0.1, -0.05) is 89.8 Å².